The molecule has 0 spiro atoms. The van der Waals surface area contributed by atoms with Gasteiger partial charge in [-0.3, -0.25) is 0 Å². The summed E-state index contributed by atoms with van der Waals surface area (Å²) in [6.45, 7) is 1.82. The van der Waals surface area contributed by atoms with Crippen molar-refractivity contribution < 1.29 is 22.7 Å². The fourth-order valence-corrected chi connectivity index (χ4v) is 2.75. The lowest BCUT2D eigenvalue weighted by Crippen LogP contribution is -2.45. The highest BCUT2D eigenvalue weighted by Gasteiger charge is 2.35. The van der Waals surface area contributed by atoms with Gasteiger partial charge in [0, 0.05) is 6.54 Å². The van der Waals surface area contributed by atoms with E-state index >= 15 is 0 Å². The monoisotopic (exact) mass is 263 g/mol. The first kappa shape index (κ1) is 13.6. The van der Waals surface area contributed by atoms with Crippen LogP contribution in [0.2, 0.25) is 0 Å². The fraction of sp³-hybridized carbons (Fsp3) is 0.750. The SMILES string of the molecule is CCOC(=O)NS(=O)(=O)N1CCCC1N=C=O. The van der Waals surface area contributed by atoms with Crippen molar-refractivity contribution in [2.24, 2.45) is 4.99 Å². The third kappa shape index (κ3) is 3.52. The molecule has 1 atom stereocenters. The molecule has 1 aliphatic heterocycles. The minimum atomic E-state index is -4.02. The number of carbonyl (C=O) groups is 1. The second-order valence-electron chi connectivity index (χ2n) is 3.28. The van der Waals surface area contributed by atoms with Crippen LogP contribution in [0.4, 0.5) is 4.79 Å². The highest BCUT2D eigenvalue weighted by Crippen LogP contribution is 2.20. The van der Waals surface area contributed by atoms with Crippen LogP contribution in [0.25, 0.3) is 0 Å². The zero-order chi connectivity index (χ0) is 12.9. The van der Waals surface area contributed by atoms with E-state index in [-0.39, 0.29) is 13.2 Å². The lowest BCUT2D eigenvalue weighted by atomic mass is 10.3. The molecule has 0 radical (unpaired) electrons. The molecule has 1 heterocycles. The zero-order valence-corrected chi connectivity index (χ0v) is 10.1. The van der Waals surface area contributed by atoms with Crippen molar-refractivity contribution in [3.05, 3.63) is 0 Å². The number of isocyanates is 1. The second-order valence-corrected chi connectivity index (χ2v) is 4.90. The summed E-state index contributed by atoms with van der Waals surface area (Å²) in [6, 6.07) is 0. The van der Waals surface area contributed by atoms with Gasteiger partial charge in [0.1, 0.15) is 6.17 Å². The van der Waals surface area contributed by atoms with E-state index in [0.717, 1.165) is 4.31 Å². The Labute approximate surface area is 98.8 Å². The van der Waals surface area contributed by atoms with E-state index < -0.39 is 22.5 Å². The Morgan fingerprint density at radius 1 is 1.65 bits per heavy atom. The minimum absolute atomic E-state index is 0.0667. The molecule has 17 heavy (non-hydrogen) atoms. The molecule has 0 aromatic carbocycles. The normalized spacial score (nSPS) is 20.6. The number of aliphatic imine (C=N–C) groups is 1. The van der Waals surface area contributed by atoms with Crippen LogP contribution >= 0.6 is 0 Å². The maximum Gasteiger partial charge on any atom is 0.421 e. The summed E-state index contributed by atoms with van der Waals surface area (Å²) in [4.78, 5) is 24.5. The molecule has 1 unspecified atom stereocenters. The summed E-state index contributed by atoms with van der Waals surface area (Å²) in [5.41, 5.74) is 0. The molecule has 0 bridgehead atoms. The number of nitrogens with zero attached hydrogens (tertiary/aromatic N) is 2. The highest BCUT2D eigenvalue weighted by molar-refractivity contribution is 7.87. The van der Waals surface area contributed by atoms with Crippen molar-refractivity contribution >= 4 is 22.4 Å². The van der Waals surface area contributed by atoms with Crippen LogP contribution in [-0.4, -0.2) is 44.2 Å². The van der Waals surface area contributed by atoms with Crippen molar-refractivity contribution in [3.63, 3.8) is 0 Å². The molecule has 1 amide bonds. The molecule has 1 N–H and O–H groups in total. The van der Waals surface area contributed by atoms with Gasteiger partial charge in [-0.2, -0.15) is 17.7 Å². The first-order chi connectivity index (χ1) is 8.01. The van der Waals surface area contributed by atoms with Crippen LogP contribution in [0.5, 0.6) is 0 Å². The van der Waals surface area contributed by atoms with Crippen LogP contribution in [0.3, 0.4) is 0 Å². The number of amides is 1. The van der Waals surface area contributed by atoms with Crippen LogP contribution in [0, 0.1) is 0 Å². The number of ether oxygens (including phenoxy) is 1. The first-order valence-corrected chi connectivity index (χ1v) is 6.48. The molecular weight excluding hydrogens is 250 g/mol. The van der Waals surface area contributed by atoms with Crippen LogP contribution in [0.15, 0.2) is 4.99 Å². The average molecular weight is 263 g/mol. The van der Waals surface area contributed by atoms with Crippen LogP contribution in [0.1, 0.15) is 19.8 Å². The molecule has 0 aromatic heterocycles. The lowest BCUT2D eigenvalue weighted by molar-refractivity contribution is 0.158. The average Bonchev–Trinajstić information content (AvgIpc) is 2.66. The molecule has 0 aliphatic carbocycles. The predicted molar refractivity (Wildman–Crippen MR) is 56.9 cm³/mol. The van der Waals surface area contributed by atoms with Gasteiger partial charge in [-0.1, -0.05) is 0 Å². The minimum Gasteiger partial charge on any atom is -0.449 e. The molecule has 9 heteroatoms. The van der Waals surface area contributed by atoms with Gasteiger partial charge in [-0.05, 0) is 19.8 Å². The van der Waals surface area contributed by atoms with Gasteiger partial charge < -0.3 is 4.74 Å². The Bertz CT molecular complexity index is 428. The first-order valence-electron chi connectivity index (χ1n) is 5.04. The summed E-state index contributed by atoms with van der Waals surface area (Å²) in [5.74, 6) is 0. The Morgan fingerprint density at radius 2 is 2.35 bits per heavy atom. The number of hydrogen-bond acceptors (Lipinski definition) is 6. The Morgan fingerprint density at radius 3 is 2.94 bits per heavy atom. The molecule has 1 rings (SSSR count). The Balaban J connectivity index is 2.76. The van der Waals surface area contributed by atoms with E-state index in [0.29, 0.717) is 12.8 Å². The van der Waals surface area contributed by atoms with E-state index in [9.17, 15) is 18.0 Å². The van der Waals surface area contributed by atoms with Crippen LogP contribution in [-0.2, 0) is 19.7 Å². The van der Waals surface area contributed by atoms with E-state index in [1.54, 1.807) is 11.6 Å². The van der Waals surface area contributed by atoms with Gasteiger partial charge in [0.05, 0.1) is 6.61 Å². The topological polar surface area (TPSA) is 105 Å². The molecule has 0 saturated carbocycles. The van der Waals surface area contributed by atoms with Crippen molar-refractivity contribution in [2.45, 2.75) is 25.9 Å². The molecule has 1 fully saturated rings. The number of carbonyl (C=O) groups excluding carboxylic acids is 2. The molecule has 8 nitrogen and oxygen atoms in total. The van der Waals surface area contributed by atoms with E-state index in [1.807, 2.05) is 0 Å². The molecule has 1 aliphatic rings. The number of rotatable bonds is 4. The van der Waals surface area contributed by atoms with E-state index in [1.165, 1.54) is 6.08 Å². The Kier molecular flexibility index (Phi) is 4.62. The molecule has 1 saturated heterocycles. The zero-order valence-electron chi connectivity index (χ0n) is 9.25. The van der Waals surface area contributed by atoms with Gasteiger partial charge in [-0.15, -0.1) is 0 Å². The van der Waals surface area contributed by atoms with Crippen molar-refractivity contribution in [3.8, 4) is 0 Å². The van der Waals surface area contributed by atoms with E-state index in [4.69, 9.17) is 0 Å². The maximum atomic E-state index is 11.7. The summed E-state index contributed by atoms with van der Waals surface area (Å²) < 4.78 is 30.6. The highest BCUT2D eigenvalue weighted by atomic mass is 32.2. The van der Waals surface area contributed by atoms with Gasteiger partial charge >= 0.3 is 16.3 Å². The van der Waals surface area contributed by atoms with Gasteiger partial charge in [0.2, 0.25) is 6.08 Å². The van der Waals surface area contributed by atoms with Crippen LogP contribution < -0.4 is 4.72 Å². The van der Waals surface area contributed by atoms with E-state index in [2.05, 4.69) is 9.73 Å². The molecule has 96 valence electrons. The summed E-state index contributed by atoms with van der Waals surface area (Å²) in [7, 11) is -4.02. The Hall–Kier alpha value is -1.44. The van der Waals surface area contributed by atoms with Crippen molar-refractivity contribution in [2.75, 3.05) is 13.2 Å². The molecule has 0 aromatic rings. The smallest absolute Gasteiger partial charge is 0.421 e. The van der Waals surface area contributed by atoms with Crippen molar-refractivity contribution in [1.29, 1.82) is 0 Å². The summed E-state index contributed by atoms with van der Waals surface area (Å²) in [5, 5.41) is 0. The van der Waals surface area contributed by atoms with Gasteiger partial charge in [0.15, 0.2) is 0 Å². The lowest BCUT2D eigenvalue weighted by Gasteiger charge is -2.19. The largest absolute Gasteiger partial charge is 0.449 e. The van der Waals surface area contributed by atoms with Gasteiger partial charge in [-0.25, -0.2) is 14.3 Å². The van der Waals surface area contributed by atoms with Crippen molar-refractivity contribution in [1.82, 2.24) is 9.03 Å². The fourth-order valence-electron chi connectivity index (χ4n) is 1.52. The standard InChI is InChI=1S/C8H13N3O5S/c1-2-16-8(13)10-17(14,15)11-5-3-4-7(11)9-6-12/h7H,2-5H2,1H3,(H,10,13). The quantitative estimate of drug-likeness (QED) is 0.555. The predicted octanol–water partition coefficient (Wildman–Crippen LogP) is -0.265. The summed E-state index contributed by atoms with van der Waals surface area (Å²) in [6.07, 6.45) is 0.474. The third-order valence-electron chi connectivity index (χ3n) is 2.17. The second kappa shape index (κ2) is 5.76. The summed E-state index contributed by atoms with van der Waals surface area (Å²) >= 11 is 0. The number of hydrogen-bond donors (Lipinski definition) is 1. The van der Waals surface area contributed by atoms with Gasteiger partial charge in [0.25, 0.3) is 0 Å². The maximum absolute atomic E-state index is 11.7. The third-order valence-corrected chi connectivity index (χ3v) is 3.64. The number of nitrogens with one attached hydrogen (secondary N) is 1. The molecular formula is C8H13N3O5S.